The molecule has 1 N–H and O–H groups in total. The Labute approximate surface area is 117 Å². The summed E-state index contributed by atoms with van der Waals surface area (Å²) in [5.41, 5.74) is 0. The van der Waals surface area contributed by atoms with Crippen LogP contribution < -0.4 is 9.47 Å². The molecule has 6 heteroatoms. The summed E-state index contributed by atoms with van der Waals surface area (Å²) in [4.78, 5) is 0. The van der Waals surface area contributed by atoms with Crippen LogP contribution in [0.2, 0.25) is 0 Å². The van der Waals surface area contributed by atoms with Gasteiger partial charge in [-0.05, 0) is 38.2 Å². The van der Waals surface area contributed by atoms with Crippen molar-refractivity contribution in [2.24, 2.45) is 0 Å². The lowest BCUT2D eigenvalue weighted by molar-refractivity contribution is 0.210. The van der Waals surface area contributed by atoms with Gasteiger partial charge in [0, 0.05) is 12.6 Å². The van der Waals surface area contributed by atoms with E-state index in [0.29, 0.717) is 4.77 Å². The van der Waals surface area contributed by atoms with Gasteiger partial charge in [-0.3, -0.25) is 5.10 Å². The molecule has 2 aromatic rings. The van der Waals surface area contributed by atoms with Crippen LogP contribution in [0.15, 0.2) is 24.3 Å². The quantitative estimate of drug-likeness (QED) is 0.854. The zero-order valence-electron chi connectivity index (χ0n) is 11.2. The Bertz CT molecular complexity index is 606. The Balaban J connectivity index is 2.20. The standard InChI is InChI=1S/C13H17N3O2S/c1-4-16-12(14-15-13(16)19)9(2)18-11-7-5-6-10(8-11)17-3/h5-9H,4H2,1-3H3,(H,15,19)/t9-/m1/s1. The van der Waals surface area contributed by atoms with Crippen molar-refractivity contribution >= 4 is 12.2 Å². The number of methoxy groups -OCH3 is 1. The predicted octanol–water partition coefficient (Wildman–Crippen LogP) is 3.11. The van der Waals surface area contributed by atoms with Gasteiger partial charge in [-0.25, -0.2) is 0 Å². The predicted molar refractivity (Wildman–Crippen MR) is 75.1 cm³/mol. The van der Waals surface area contributed by atoms with Crippen molar-refractivity contribution in [1.29, 1.82) is 0 Å². The summed E-state index contributed by atoms with van der Waals surface area (Å²) in [6, 6.07) is 7.49. The number of H-pyrrole nitrogens is 1. The van der Waals surface area contributed by atoms with Crippen molar-refractivity contribution in [2.45, 2.75) is 26.5 Å². The molecule has 0 spiro atoms. The highest BCUT2D eigenvalue weighted by molar-refractivity contribution is 7.71. The fourth-order valence-electron chi connectivity index (χ4n) is 1.88. The largest absolute Gasteiger partial charge is 0.497 e. The topological polar surface area (TPSA) is 52.1 Å². The van der Waals surface area contributed by atoms with Crippen molar-refractivity contribution in [3.63, 3.8) is 0 Å². The maximum Gasteiger partial charge on any atom is 0.195 e. The number of benzene rings is 1. The summed E-state index contributed by atoms with van der Waals surface area (Å²) >= 11 is 5.16. The maximum absolute atomic E-state index is 5.87. The SMILES string of the molecule is CCn1c([C@@H](C)Oc2cccc(OC)c2)n[nH]c1=S. The van der Waals surface area contributed by atoms with Crippen molar-refractivity contribution < 1.29 is 9.47 Å². The van der Waals surface area contributed by atoms with E-state index in [9.17, 15) is 0 Å². The number of ether oxygens (including phenoxy) is 2. The highest BCUT2D eigenvalue weighted by Crippen LogP contribution is 2.24. The first kappa shape index (κ1) is 13.6. The Morgan fingerprint density at radius 3 is 2.84 bits per heavy atom. The normalized spacial score (nSPS) is 12.2. The minimum atomic E-state index is -0.194. The monoisotopic (exact) mass is 279 g/mol. The highest BCUT2D eigenvalue weighted by atomic mass is 32.1. The Morgan fingerprint density at radius 1 is 1.42 bits per heavy atom. The van der Waals surface area contributed by atoms with Gasteiger partial charge in [0.2, 0.25) is 0 Å². The van der Waals surface area contributed by atoms with Gasteiger partial charge in [0.1, 0.15) is 11.5 Å². The first-order valence-electron chi connectivity index (χ1n) is 6.11. The summed E-state index contributed by atoms with van der Waals surface area (Å²) in [6.45, 7) is 4.72. The van der Waals surface area contributed by atoms with E-state index in [-0.39, 0.29) is 6.10 Å². The molecular formula is C13H17N3O2S. The lowest BCUT2D eigenvalue weighted by Gasteiger charge is -2.15. The van der Waals surface area contributed by atoms with Crippen LogP contribution in [0.4, 0.5) is 0 Å². The molecule has 5 nitrogen and oxygen atoms in total. The third-order valence-corrected chi connectivity index (χ3v) is 3.13. The van der Waals surface area contributed by atoms with E-state index in [1.165, 1.54) is 0 Å². The third kappa shape index (κ3) is 2.96. The van der Waals surface area contributed by atoms with Crippen molar-refractivity contribution in [3.8, 4) is 11.5 Å². The smallest absolute Gasteiger partial charge is 0.195 e. The molecule has 2 rings (SSSR count). The van der Waals surface area contributed by atoms with Crippen molar-refractivity contribution in [3.05, 3.63) is 34.9 Å². The van der Waals surface area contributed by atoms with Gasteiger partial charge < -0.3 is 14.0 Å². The highest BCUT2D eigenvalue weighted by Gasteiger charge is 2.15. The molecule has 0 saturated heterocycles. The molecule has 19 heavy (non-hydrogen) atoms. The second-order valence-corrected chi connectivity index (χ2v) is 4.46. The number of aromatic amines is 1. The Kier molecular flexibility index (Phi) is 4.21. The zero-order valence-corrected chi connectivity index (χ0v) is 12.0. The van der Waals surface area contributed by atoms with Crippen molar-refractivity contribution in [1.82, 2.24) is 14.8 Å². The molecule has 1 atom stereocenters. The first-order valence-corrected chi connectivity index (χ1v) is 6.52. The Morgan fingerprint density at radius 2 is 2.16 bits per heavy atom. The summed E-state index contributed by atoms with van der Waals surface area (Å²) < 4.78 is 13.6. The second kappa shape index (κ2) is 5.88. The maximum atomic E-state index is 5.87. The number of hydrogen-bond acceptors (Lipinski definition) is 4. The molecule has 0 aliphatic heterocycles. The van der Waals surface area contributed by atoms with Gasteiger partial charge in [-0.2, -0.15) is 5.10 Å². The third-order valence-electron chi connectivity index (χ3n) is 2.82. The average molecular weight is 279 g/mol. The fraction of sp³-hybridized carbons (Fsp3) is 0.385. The van der Waals surface area contributed by atoms with E-state index >= 15 is 0 Å². The van der Waals surface area contributed by atoms with E-state index in [4.69, 9.17) is 21.7 Å². The van der Waals surface area contributed by atoms with Gasteiger partial charge in [-0.1, -0.05) is 6.07 Å². The molecule has 0 bridgehead atoms. The molecule has 1 heterocycles. The van der Waals surface area contributed by atoms with Crippen LogP contribution in [0, 0.1) is 4.77 Å². The van der Waals surface area contributed by atoms with Crippen LogP contribution in [0.3, 0.4) is 0 Å². The van der Waals surface area contributed by atoms with E-state index in [0.717, 1.165) is 23.9 Å². The molecule has 0 saturated carbocycles. The number of nitrogens with one attached hydrogen (secondary N) is 1. The Hall–Kier alpha value is -1.82. The molecule has 0 fully saturated rings. The van der Waals surface area contributed by atoms with Gasteiger partial charge in [0.05, 0.1) is 7.11 Å². The van der Waals surface area contributed by atoms with Crippen LogP contribution in [0.1, 0.15) is 25.8 Å². The van der Waals surface area contributed by atoms with E-state index < -0.39 is 0 Å². The minimum Gasteiger partial charge on any atom is -0.497 e. The molecular weight excluding hydrogens is 262 g/mol. The first-order chi connectivity index (χ1) is 9.15. The molecule has 0 aliphatic carbocycles. The van der Waals surface area contributed by atoms with Gasteiger partial charge in [0.15, 0.2) is 16.7 Å². The second-order valence-electron chi connectivity index (χ2n) is 4.07. The molecule has 0 radical (unpaired) electrons. The summed E-state index contributed by atoms with van der Waals surface area (Å²) in [6.07, 6.45) is -0.194. The molecule has 1 aromatic carbocycles. The van der Waals surface area contributed by atoms with Crippen LogP contribution in [-0.2, 0) is 6.54 Å². The lowest BCUT2D eigenvalue weighted by atomic mass is 10.3. The van der Waals surface area contributed by atoms with E-state index in [2.05, 4.69) is 10.2 Å². The lowest BCUT2D eigenvalue weighted by Crippen LogP contribution is -2.11. The number of hydrogen-bond donors (Lipinski definition) is 1. The van der Waals surface area contributed by atoms with E-state index in [1.54, 1.807) is 7.11 Å². The van der Waals surface area contributed by atoms with Crippen LogP contribution in [0.25, 0.3) is 0 Å². The van der Waals surface area contributed by atoms with Gasteiger partial charge >= 0.3 is 0 Å². The van der Waals surface area contributed by atoms with Crippen LogP contribution in [-0.4, -0.2) is 21.9 Å². The van der Waals surface area contributed by atoms with Crippen LogP contribution in [0.5, 0.6) is 11.5 Å². The minimum absolute atomic E-state index is 0.194. The number of rotatable bonds is 5. The van der Waals surface area contributed by atoms with E-state index in [1.807, 2.05) is 42.7 Å². The number of nitrogens with zero attached hydrogens (tertiary/aromatic N) is 2. The number of aromatic nitrogens is 3. The molecule has 102 valence electrons. The van der Waals surface area contributed by atoms with Crippen molar-refractivity contribution in [2.75, 3.05) is 7.11 Å². The average Bonchev–Trinajstić information content (AvgIpc) is 2.80. The molecule has 0 aliphatic rings. The summed E-state index contributed by atoms with van der Waals surface area (Å²) in [7, 11) is 1.63. The fourth-order valence-corrected chi connectivity index (χ4v) is 2.15. The van der Waals surface area contributed by atoms with Gasteiger partial charge in [0.25, 0.3) is 0 Å². The van der Waals surface area contributed by atoms with Gasteiger partial charge in [-0.15, -0.1) is 0 Å². The molecule has 1 aromatic heterocycles. The summed E-state index contributed by atoms with van der Waals surface area (Å²) in [5.74, 6) is 2.29. The zero-order chi connectivity index (χ0) is 13.8. The van der Waals surface area contributed by atoms with Crippen LogP contribution >= 0.6 is 12.2 Å². The molecule has 0 unspecified atom stereocenters. The summed E-state index contributed by atoms with van der Waals surface area (Å²) in [5, 5.41) is 7.00. The molecule has 0 amide bonds.